The van der Waals surface area contributed by atoms with Gasteiger partial charge in [0.2, 0.25) is 0 Å². The summed E-state index contributed by atoms with van der Waals surface area (Å²) in [6.45, 7) is 0. The molecule has 1 aliphatic rings. The van der Waals surface area contributed by atoms with Gasteiger partial charge in [-0.05, 0) is 39.3 Å². The maximum absolute atomic E-state index is 2.53. The van der Waals surface area contributed by atoms with E-state index in [9.17, 15) is 0 Å². The molecule has 1 aliphatic heterocycles. The van der Waals surface area contributed by atoms with Gasteiger partial charge in [-0.2, -0.15) is 0 Å². The molecule has 0 N–H and O–H groups in total. The largest absolute Gasteiger partial charge is 0.263 e. The van der Waals surface area contributed by atoms with Crippen LogP contribution in [0.5, 0.6) is 0 Å². The van der Waals surface area contributed by atoms with Crippen LogP contribution in [-0.4, -0.2) is 42.2 Å². The Bertz CT molecular complexity index is 551. The predicted molar refractivity (Wildman–Crippen MR) is 94.5 cm³/mol. The van der Waals surface area contributed by atoms with Crippen molar-refractivity contribution in [2.24, 2.45) is 0 Å². The molecule has 1 heterocycles. The Morgan fingerprint density at radius 3 is 1.41 bits per heavy atom. The van der Waals surface area contributed by atoms with Crippen molar-refractivity contribution in [2.75, 3.05) is 28.2 Å². The summed E-state index contributed by atoms with van der Waals surface area (Å²) in [4.78, 5) is 0. The quantitative estimate of drug-likeness (QED) is 0.789. The maximum atomic E-state index is 2.53. The second-order valence-corrected chi connectivity index (χ2v) is 8.57. The lowest BCUT2D eigenvalue weighted by molar-refractivity contribution is 0.316. The molecule has 0 amide bonds. The Morgan fingerprint density at radius 2 is 1.09 bits per heavy atom. The van der Waals surface area contributed by atoms with Gasteiger partial charge in [-0.1, -0.05) is 60.7 Å². The summed E-state index contributed by atoms with van der Waals surface area (Å²) in [5, 5.41) is 0. The van der Waals surface area contributed by atoms with E-state index in [2.05, 4.69) is 103 Å². The molecule has 0 aliphatic carbocycles. The second kappa shape index (κ2) is 6.47. The number of likely N-dealkylation sites (N-methyl/N-ethyl adjacent to an activating group) is 2. The first-order chi connectivity index (χ1) is 10.6. The molecule has 1 fully saturated rings. The highest BCUT2D eigenvalue weighted by atomic mass is 31.2. The highest BCUT2D eigenvalue weighted by molar-refractivity contribution is 7.50. The van der Waals surface area contributed by atoms with Crippen LogP contribution in [0.2, 0.25) is 0 Å². The minimum atomic E-state index is -0.452. The van der Waals surface area contributed by atoms with Crippen molar-refractivity contribution >= 4 is 8.37 Å². The van der Waals surface area contributed by atoms with Gasteiger partial charge in [-0.3, -0.25) is 14.0 Å². The van der Waals surface area contributed by atoms with Crippen molar-refractivity contribution < 1.29 is 0 Å². The third kappa shape index (κ3) is 2.70. The highest BCUT2D eigenvalue weighted by Gasteiger charge is 2.46. The molecular formula is C18H24N3P. The molecule has 0 aromatic heterocycles. The summed E-state index contributed by atoms with van der Waals surface area (Å²) < 4.78 is 7.40. The monoisotopic (exact) mass is 313 g/mol. The van der Waals surface area contributed by atoms with Crippen LogP contribution in [-0.2, 0) is 0 Å². The summed E-state index contributed by atoms with van der Waals surface area (Å²) in [5.41, 5.74) is 2.77. The van der Waals surface area contributed by atoms with Crippen molar-refractivity contribution in [3.63, 3.8) is 0 Å². The van der Waals surface area contributed by atoms with Gasteiger partial charge < -0.3 is 0 Å². The van der Waals surface area contributed by atoms with Gasteiger partial charge in [0.15, 0.2) is 0 Å². The molecule has 0 saturated carbocycles. The first kappa shape index (κ1) is 15.6. The summed E-state index contributed by atoms with van der Waals surface area (Å²) in [7, 11) is 8.40. The average Bonchev–Trinajstić information content (AvgIpc) is 2.80. The zero-order chi connectivity index (χ0) is 15.7. The molecule has 22 heavy (non-hydrogen) atoms. The zero-order valence-electron chi connectivity index (χ0n) is 13.7. The van der Waals surface area contributed by atoms with Gasteiger partial charge in [0.1, 0.15) is 8.37 Å². The highest BCUT2D eigenvalue weighted by Crippen LogP contribution is 2.62. The summed E-state index contributed by atoms with van der Waals surface area (Å²) in [6, 6.07) is 22.5. The first-order valence-corrected chi connectivity index (χ1v) is 8.84. The minimum absolute atomic E-state index is 0.377. The minimum Gasteiger partial charge on any atom is -0.263 e. The van der Waals surface area contributed by atoms with Crippen molar-refractivity contribution in [1.29, 1.82) is 0 Å². The lowest BCUT2D eigenvalue weighted by Crippen LogP contribution is -2.21. The lowest BCUT2D eigenvalue weighted by Gasteiger charge is -2.31. The molecular weight excluding hydrogens is 289 g/mol. The van der Waals surface area contributed by atoms with Crippen molar-refractivity contribution in [2.45, 2.75) is 12.1 Å². The van der Waals surface area contributed by atoms with Crippen LogP contribution in [0.1, 0.15) is 23.2 Å². The van der Waals surface area contributed by atoms with Gasteiger partial charge >= 0.3 is 0 Å². The molecule has 3 nitrogen and oxygen atoms in total. The van der Waals surface area contributed by atoms with Crippen LogP contribution in [0.3, 0.4) is 0 Å². The Kier molecular flexibility index (Phi) is 4.60. The molecule has 3 rings (SSSR count). The molecule has 2 aromatic rings. The molecule has 2 atom stereocenters. The van der Waals surface area contributed by atoms with Crippen LogP contribution < -0.4 is 0 Å². The van der Waals surface area contributed by atoms with Crippen LogP contribution in [0.15, 0.2) is 60.7 Å². The third-order valence-corrected chi connectivity index (χ3v) is 6.65. The van der Waals surface area contributed by atoms with Crippen LogP contribution in [0, 0.1) is 0 Å². The number of rotatable bonds is 3. The van der Waals surface area contributed by atoms with E-state index >= 15 is 0 Å². The average molecular weight is 313 g/mol. The van der Waals surface area contributed by atoms with Gasteiger partial charge in [0.25, 0.3) is 0 Å². The van der Waals surface area contributed by atoms with E-state index in [1.165, 1.54) is 11.1 Å². The Morgan fingerprint density at radius 1 is 0.727 bits per heavy atom. The van der Waals surface area contributed by atoms with E-state index in [0.29, 0.717) is 12.1 Å². The third-order valence-electron chi connectivity index (χ3n) is 4.31. The van der Waals surface area contributed by atoms with E-state index < -0.39 is 8.37 Å². The summed E-state index contributed by atoms with van der Waals surface area (Å²) >= 11 is 0. The predicted octanol–water partition coefficient (Wildman–Crippen LogP) is 4.13. The smallest absolute Gasteiger partial charge is 0.120 e. The summed E-state index contributed by atoms with van der Waals surface area (Å²) in [5.74, 6) is 0. The fourth-order valence-corrected chi connectivity index (χ4v) is 6.05. The second-order valence-electron chi connectivity index (χ2n) is 5.97. The molecule has 0 bridgehead atoms. The Hall–Kier alpha value is -1.25. The standard InChI is InChI=1S/C18H24N3P/c1-19(2)22-20(3)17(15-11-7-5-8-12-15)18(21(22)4)16-13-9-6-10-14-16/h5-14,17-18H,1-4H3/t17-,18-/m1/s1. The van der Waals surface area contributed by atoms with E-state index in [0.717, 1.165) is 0 Å². The number of nitrogens with zero attached hydrogens (tertiary/aromatic N) is 3. The first-order valence-electron chi connectivity index (χ1n) is 7.64. The van der Waals surface area contributed by atoms with Crippen LogP contribution in [0.4, 0.5) is 0 Å². The van der Waals surface area contributed by atoms with E-state index in [1.54, 1.807) is 0 Å². The maximum Gasteiger partial charge on any atom is 0.120 e. The Labute approximate surface area is 135 Å². The van der Waals surface area contributed by atoms with Crippen molar-refractivity contribution in [1.82, 2.24) is 14.0 Å². The summed E-state index contributed by atoms with van der Waals surface area (Å²) in [6.07, 6.45) is 0. The van der Waals surface area contributed by atoms with Crippen molar-refractivity contribution in [3.05, 3.63) is 71.8 Å². The molecule has 116 valence electrons. The fraction of sp³-hybridized carbons (Fsp3) is 0.333. The molecule has 4 heteroatoms. The number of hydrogen-bond donors (Lipinski definition) is 0. The normalized spacial score (nSPS) is 24.2. The fourth-order valence-electron chi connectivity index (χ4n) is 3.51. The van der Waals surface area contributed by atoms with E-state index in [-0.39, 0.29) is 0 Å². The Balaban J connectivity index is 2.07. The number of hydrogen-bond acceptors (Lipinski definition) is 3. The molecule has 2 aromatic carbocycles. The van der Waals surface area contributed by atoms with Gasteiger partial charge in [0, 0.05) is 0 Å². The van der Waals surface area contributed by atoms with Crippen LogP contribution in [0.25, 0.3) is 0 Å². The van der Waals surface area contributed by atoms with E-state index in [4.69, 9.17) is 0 Å². The van der Waals surface area contributed by atoms with E-state index in [1.807, 2.05) is 0 Å². The van der Waals surface area contributed by atoms with Gasteiger partial charge in [-0.25, -0.2) is 0 Å². The molecule has 0 spiro atoms. The van der Waals surface area contributed by atoms with Gasteiger partial charge in [-0.15, -0.1) is 0 Å². The number of benzene rings is 2. The lowest BCUT2D eigenvalue weighted by atomic mass is 9.93. The van der Waals surface area contributed by atoms with Crippen molar-refractivity contribution in [3.8, 4) is 0 Å². The SMILES string of the molecule is CN(C)P1N(C)[C@H](c2ccccc2)[C@@H](c2ccccc2)N1C. The molecule has 0 unspecified atom stereocenters. The topological polar surface area (TPSA) is 9.72 Å². The van der Waals surface area contributed by atoms with Crippen LogP contribution >= 0.6 is 8.37 Å². The zero-order valence-corrected chi connectivity index (χ0v) is 14.6. The van der Waals surface area contributed by atoms with Gasteiger partial charge in [0.05, 0.1) is 12.1 Å². The molecule has 1 saturated heterocycles. The molecule has 0 radical (unpaired) electrons.